The van der Waals surface area contributed by atoms with Crippen molar-refractivity contribution in [2.75, 3.05) is 18.6 Å². The second-order valence-electron chi connectivity index (χ2n) is 7.95. The van der Waals surface area contributed by atoms with Crippen LogP contribution in [0, 0.1) is 11.3 Å². The van der Waals surface area contributed by atoms with Crippen molar-refractivity contribution < 1.29 is 27.8 Å². The van der Waals surface area contributed by atoms with Gasteiger partial charge in [0.25, 0.3) is 5.92 Å². The van der Waals surface area contributed by atoms with Gasteiger partial charge in [-0.3, -0.25) is 0 Å². The fraction of sp³-hybridized carbons (Fsp3) is 0.269. The second kappa shape index (κ2) is 9.97. The van der Waals surface area contributed by atoms with Crippen LogP contribution in [0.25, 0.3) is 0 Å². The van der Waals surface area contributed by atoms with Gasteiger partial charge in [-0.05, 0) is 43.7 Å². The number of rotatable bonds is 6. The van der Waals surface area contributed by atoms with Crippen LogP contribution in [0.15, 0.2) is 71.2 Å². The molecule has 1 aliphatic heterocycles. The molecule has 1 unspecified atom stereocenters. The van der Waals surface area contributed by atoms with Gasteiger partial charge in [-0.15, -0.1) is 0 Å². The highest BCUT2D eigenvalue weighted by atomic mass is 19.3. The van der Waals surface area contributed by atoms with Crippen LogP contribution in [-0.4, -0.2) is 25.7 Å². The quantitative estimate of drug-likeness (QED) is 0.608. The maximum Gasteiger partial charge on any atom is 0.338 e. The molecule has 0 saturated heterocycles. The number of nitrogens with zero attached hydrogens (tertiary/aromatic N) is 2. The number of nitriles is 1. The summed E-state index contributed by atoms with van der Waals surface area (Å²) in [5, 5.41) is 9.15. The molecule has 2 aromatic rings. The predicted octanol–water partition coefficient (Wildman–Crippen LogP) is 4.45. The number of carbonyl (C=O) groups excluding carboxylic acids is 2. The first kappa shape index (κ1) is 25.4. The molecule has 7 nitrogen and oxygen atoms in total. The molecule has 0 saturated carbocycles. The lowest BCUT2D eigenvalue weighted by molar-refractivity contribution is -0.139. The maximum absolute atomic E-state index is 14.1. The number of benzene rings is 2. The Kier molecular flexibility index (Phi) is 7.25. The van der Waals surface area contributed by atoms with Crippen LogP contribution >= 0.6 is 0 Å². The lowest BCUT2D eigenvalue weighted by Crippen LogP contribution is -2.39. The number of nitrogens with two attached hydrogens (primary N) is 1. The van der Waals surface area contributed by atoms with Gasteiger partial charge >= 0.3 is 11.9 Å². The number of halogens is 2. The molecule has 0 aromatic heterocycles. The Balaban J connectivity index is 2.33. The van der Waals surface area contributed by atoms with E-state index in [9.17, 15) is 18.4 Å². The topological polar surface area (TPSA) is 106 Å². The number of methoxy groups -OCH3 is 1. The summed E-state index contributed by atoms with van der Waals surface area (Å²) in [6, 6.07) is 13.9. The van der Waals surface area contributed by atoms with Crippen LogP contribution in [0.4, 0.5) is 14.5 Å². The fourth-order valence-corrected chi connectivity index (χ4v) is 4.06. The van der Waals surface area contributed by atoms with E-state index < -0.39 is 23.8 Å². The molecule has 0 bridgehead atoms. The summed E-state index contributed by atoms with van der Waals surface area (Å²) in [4.78, 5) is 27.5. The molecule has 9 heteroatoms. The molecule has 0 amide bonds. The van der Waals surface area contributed by atoms with E-state index in [0.717, 1.165) is 6.92 Å². The average Bonchev–Trinajstić information content (AvgIpc) is 2.83. The Labute approximate surface area is 202 Å². The van der Waals surface area contributed by atoms with Gasteiger partial charge in [0.2, 0.25) is 0 Å². The molecule has 0 spiro atoms. The summed E-state index contributed by atoms with van der Waals surface area (Å²) in [5.41, 5.74) is 7.71. The predicted molar refractivity (Wildman–Crippen MR) is 125 cm³/mol. The largest absolute Gasteiger partial charge is 0.466 e. The number of hydrogen-bond acceptors (Lipinski definition) is 7. The highest BCUT2D eigenvalue weighted by Crippen LogP contribution is 2.44. The van der Waals surface area contributed by atoms with E-state index in [1.807, 2.05) is 6.07 Å². The molecule has 1 atom stereocenters. The molecule has 35 heavy (non-hydrogen) atoms. The van der Waals surface area contributed by atoms with E-state index in [1.165, 1.54) is 30.2 Å². The van der Waals surface area contributed by atoms with Crippen molar-refractivity contribution >= 4 is 17.6 Å². The van der Waals surface area contributed by atoms with E-state index in [0.29, 0.717) is 16.8 Å². The normalized spacial score (nSPS) is 16.1. The van der Waals surface area contributed by atoms with Gasteiger partial charge in [-0.25, -0.2) is 18.4 Å². The summed E-state index contributed by atoms with van der Waals surface area (Å²) in [5.74, 6) is -5.66. The number of anilines is 1. The minimum Gasteiger partial charge on any atom is -0.466 e. The molecule has 182 valence electrons. The van der Waals surface area contributed by atoms with Gasteiger partial charge in [0.05, 0.1) is 42.4 Å². The number of alkyl halides is 2. The summed E-state index contributed by atoms with van der Waals surface area (Å²) >= 11 is 0. The summed E-state index contributed by atoms with van der Waals surface area (Å²) in [6.45, 7) is 4.04. The first-order chi connectivity index (χ1) is 16.5. The van der Waals surface area contributed by atoms with Gasteiger partial charge < -0.3 is 20.1 Å². The van der Waals surface area contributed by atoms with Crippen molar-refractivity contribution in [3.63, 3.8) is 0 Å². The number of carbonyl (C=O) groups is 2. The SMILES string of the molecule is CCOC(=O)C1=C(N)N(c2cccc(C(C)(F)F)c2)C(C)=C(C(=O)OC)C1c1ccc(C#N)cc1. The molecular weight excluding hydrogens is 456 g/mol. The lowest BCUT2D eigenvalue weighted by Gasteiger charge is -2.37. The zero-order valence-corrected chi connectivity index (χ0v) is 19.8. The fourth-order valence-electron chi connectivity index (χ4n) is 4.06. The Hall–Kier alpha value is -4.19. The van der Waals surface area contributed by atoms with Crippen molar-refractivity contribution in [2.45, 2.75) is 32.6 Å². The van der Waals surface area contributed by atoms with Gasteiger partial charge in [0.15, 0.2) is 0 Å². The molecule has 0 fully saturated rings. The van der Waals surface area contributed by atoms with Crippen molar-refractivity contribution in [2.24, 2.45) is 5.73 Å². The molecule has 2 aromatic carbocycles. The third-order valence-corrected chi connectivity index (χ3v) is 5.70. The summed E-state index contributed by atoms with van der Waals surface area (Å²) < 4.78 is 38.4. The van der Waals surface area contributed by atoms with E-state index in [1.54, 1.807) is 44.2 Å². The van der Waals surface area contributed by atoms with Crippen LogP contribution in [0.2, 0.25) is 0 Å². The average molecular weight is 481 g/mol. The molecule has 1 aliphatic rings. The smallest absolute Gasteiger partial charge is 0.338 e. The zero-order valence-electron chi connectivity index (χ0n) is 19.8. The Bertz CT molecular complexity index is 1250. The van der Waals surface area contributed by atoms with Crippen LogP contribution in [0.3, 0.4) is 0 Å². The molecule has 0 aliphatic carbocycles. The van der Waals surface area contributed by atoms with E-state index in [-0.39, 0.29) is 34.8 Å². The zero-order chi connectivity index (χ0) is 25.9. The third kappa shape index (κ3) is 4.87. The first-order valence-electron chi connectivity index (χ1n) is 10.8. The minimum atomic E-state index is -3.12. The molecule has 2 N–H and O–H groups in total. The Morgan fingerprint density at radius 3 is 2.34 bits per heavy atom. The van der Waals surface area contributed by atoms with Crippen LogP contribution in [0.5, 0.6) is 0 Å². The standard InChI is InChI=1S/C26H25F2N3O4/c1-5-35-25(33)22-21(17-11-9-16(14-29)10-12-17)20(24(32)34-4)15(2)31(23(22)30)19-8-6-7-18(13-19)26(3,27)28/h6-13,21H,5,30H2,1-4H3. The van der Waals surface area contributed by atoms with Crippen molar-refractivity contribution in [1.82, 2.24) is 0 Å². The van der Waals surface area contributed by atoms with Crippen molar-refractivity contribution in [3.8, 4) is 6.07 Å². The highest BCUT2D eigenvalue weighted by Gasteiger charge is 2.41. The number of esters is 2. The van der Waals surface area contributed by atoms with E-state index >= 15 is 0 Å². The van der Waals surface area contributed by atoms with E-state index in [4.69, 9.17) is 20.5 Å². The number of hydrogen-bond donors (Lipinski definition) is 1. The molecule has 1 heterocycles. The number of ether oxygens (including phenoxy) is 2. The van der Waals surface area contributed by atoms with Crippen LogP contribution < -0.4 is 10.6 Å². The van der Waals surface area contributed by atoms with Gasteiger partial charge in [0.1, 0.15) is 5.82 Å². The summed E-state index contributed by atoms with van der Waals surface area (Å²) in [7, 11) is 1.20. The maximum atomic E-state index is 14.1. The first-order valence-corrected chi connectivity index (χ1v) is 10.8. The van der Waals surface area contributed by atoms with Crippen LogP contribution in [-0.2, 0) is 25.0 Å². The van der Waals surface area contributed by atoms with Gasteiger partial charge in [-0.1, -0.05) is 24.3 Å². The van der Waals surface area contributed by atoms with Crippen molar-refractivity contribution in [3.05, 3.63) is 87.9 Å². The molecular formula is C26H25F2N3O4. The van der Waals surface area contributed by atoms with Gasteiger partial charge in [0, 0.05) is 23.9 Å². The summed E-state index contributed by atoms with van der Waals surface area (Å²) in [6.07, 6.45) is 0. The molecule has 0 radical (unpaired) electrons. The monoisotopic (exact) mass is 481 g/mol. The Morgan fingerprint density at radius 1 is 1.14 bits per heavy atom. The van der Waals surface area contributed by atoms with Gasteiger partial charge in [-0.2, -0.15) is 5.26 Å². The van der Waals surface area contributed by atoms with Crippen molar-refractivity contribution in [1.29, 1.82) is 5.26 Å². The third-order valence-electron chi connectivity index (χ3n) is 5.70. The van der Waals surface area contributed by atoms with E-state index in [2.05, 4.69) is 0 Å². The lowest BCUT2D eigenvalue weighted by atomic mass is 9.80. The molecule has 3 rings (SSSR count). The number of allylic oxidation sites excluding steroid dienone is 1. The highest BCUT2D eigenvalue weighted by molar-refractivity contribution is 6.01. The second-order valence-corrected chi connectivity index (χ2v) is 7.95. The minimum absolute atomic E-state index is 0.0451. The van der Waals surface area contributed by atoms with Crippen LogP contribution in [0.1, 0.15) is 43.4 Å². The Morgan fingerprint density at radius 2 is 1.80 bits per heavy atom.